The summed E-state index contributed by atoms with van der Waals surface area (Å²) >= 11 is 1.67. The van der Waals surface area contributed by atoms with Gasteiger partial charge in [0.15, 0.2) is 0 Å². The van der Waals surface area contributed by atoms with Crippen LogP contribution in [0.15, 0.2) is 41.8 Å². The van der Waals surface area contributed by atoms with Crippen LogP contribution in [0.25, 0.3) is 0 Å². The zero-order valence-electron chi connectivity index (χ0n) is 14.1. The summed E-state index contributed by atoms with van der Waals surface area (Å²) in [5.41, 5.74) is 0.833. The van der Waals surface area contributed by atoms with Crippen LogP contribution in [0.2, 0.25) is 0 Å². The maximum atomic E-state index is 12.3. The van der Waals surface area contributed by atoms with Gasteiger partial charge in [0.1, 0.15) is 0 Å². The van der Waals surface area contributed by atoms with E-state index >= 15 is 0 Å². The van der Waals surface area contributed by atoms with E-state index in [0.717, 1.165) is 0 Å². The smallest absolute Gasteiger partial charge is 0.340 e. The van der Waals surface area contributed by atoms with Crippen LogP contribution in [0.3, 0.4) is 0 Å². The minimum absolute atomic E-state index is 0.149. The number of anilines is 1. The molecule has 1 atom stereocenters. The lowest BCUT2D eigenvalue weighted by Gasteiger charge is -2.23. The van der Waals surface area contributed by atoms with Gasteiger partial charge in [-0.05, 0) is 44.5 Å². The van der Waals surface area contributed by atoms with Crippen LogP contribution < -0.4 is 5.32 Å². The molecule has 1 heterocycles. The van der Waals surface area contributed by atoms with Crippen molar-refractivity contribution < 1.29 is 14.3 Å². The van der Waals surface area contributed by atoms with E-state index in [1.807, 2.05) is 23.4 Å². The zero-order valence-corrected chi connectivity index (χ0v) is 14.9. The van der Waals surface area contributed by atoms with Crippen molar-refractivity contribution in [2.45, 2.75) is 19.9 Å². The summed E-state index contributed by atoms with van der Waals surface area (Å²) in [7, 11) is 1.90. The van der Waals surface area contributed by atoms with Crippen molar-refractivity contribution in [1.82, 2.24) is 4.90 Å². The molecule has 1 N–H and O–H groups in total. The lowest BCUT2D eigenvalue weighted by Crippen LogP contribution is -2.32. The van der Waals surface area contributed by atoms with Crippen molar-refractivity contribution in [2.24, 2.45) is 0 Å². The summed E-state index contributed by atoms with van der Waals surface area (Å²) in [6, 6.07) is 11.1. The number of carbonyl (C=O) groups excluding carboxylic acids is 2. The van der Waals surface area contributed by atoms with Gasteiger partial charge in [0, 0.05) is 10.9 Å². The molecule has 0 bridgehead atoms. The van der Waals surface area contributed by atoms with Gasteiger partial charge in [0.2, 0.25) is 5.91 Å². The summed E-state index contributed by atoms with van der Waals surface area (Å²) in [5, 5.41) is 4.83. The van der Waals surface area contributed by atoms with Crippen molar-refractivity contribution in [1.29, 1.82) is 0 Å². The highest BCUT2D eigenvalue weighted by Crippen LogP contribution is 2.23. The van der Waals surface area contributed by atoms with E-state index < -0.39 is 5.97 Å². The fraction of sp³-hybridized carbons (Fsp3) is 0.333. The van der Waals surface area contributed by atoms with E-state index in [1.165, 1.54) is 4.88 Å². The number of esters is 1. The first-order chi connectivity index (χ1) is 11.5. The quantitative estimate of drug-likeness (QED) is 0.779. The summed E-state index contributed by atoms with van der Waals surface area (Å²) in [6.45, 7) is 4.34. The largest absolute Gasteiger partial charge is 0.462 e. The molecule has 5 nitrogen and oxygen atoms in total. The highest BCUT2D eigenvalue weighted by atomic mass is 32.1. The van der Waals surface area contributed by atoms with Crippen LogP contribution in [-0.2, 0) is 9.53 Å². The monoisotopic (exact) mass is 346 g/mol. The Balaban J connectivity index is 2.01. The first kappa shape index (κ1) is 18.2. The molecule has 1 aromatic heterocycles. The number of nitrogens with one attached hydrogen (secondary N) is 1. The zero-order chi connectivity index (χ0) is 17.5. The van der Waals surface area contributed by atoms with Crippen LogP contribution in [0.5, 0.6) is 0 Å². The number of likely N-dealkylation sites (N-methyl/N-ethyl adjacent to an activating group) is 1. The average molecular weight is 346 g/mol. The van der Waals surface area contributed by atoms with Crippen molar-refractivity contribution in [3.63, 3.8) is 0 Å². The molecule has 24 heavy (non-hydrogen) atoms. The number of rotatable bonds is 7. The summed E-state index contributed by atoms with van der Waals surface area (Å²) in [4.78, 5) is 27.5. The minimum atomic E-state index is -0.436. The van der Waals surface area contributed by atoms with Crippen LogP contribution in [-0.4, -0.2) is 37.0 Å². The second kappa shape index (κ2) is 8.61. The Morgan fingerprint density at radius 1 is 1.25 bits per heavy atom. The third-order valence-corrected chi connectivity index (χ3v) is 4.75. The number of amides is 1. The second-order valence-electron chi connectivity index (χ2n) is 5.42. The van der Waals surface area contributed by atoms with E-state index in [1.54, 1.807) is 42.5 Å². The van der Waals surface area contributed by atoms with E-state index in [4.69, 9.17) is 4.74 Å². The lowest BCUT2D eigenvalue weighted by molar-refractivity contribution is -0.117. The van der Waals surface area contributed by atoms with Gasteiger partial charge in [-0.15, -0.1) is 11.3 Å². The third-order valence-electron chi connectivity index (χ3n) is 3.71. The molecule has 0 saturated heterocycles. The topological polar surface area (TPSA) is 58.6 Å². The van der Waals surface area contributed by atoms with Crippen molar-refractivity contribution in [3.8, 4) is 0 Å². The van der Waals surface area contributed by atoms with Crippen molar-refractivity contribution >= 4 is 28.9 Å². The third kappa shape index (κ3) is 4.66. The average Bonchev–Trinajstić information content (AvgIpc) is 3.09. The van der Waals surface area contributed by atoms with Gasteiger partial charge < -0.3 is 10.1 Å². The Kier molecular flexibility index (Phi) is 6.52. The molecule has 2 rings (SSSR count). The predicted octanol–water partition coefficient (Wildman–Crippen LogP) is 3.56. The van der Waals surface area contributed by atoms with E-state index in [0.29, 0.717) is 17.9 Å². The number of nitrogens with zero attached hydrogens (tertiary/aromatic N) is 1. The van der Waals surface area contributed by atoms with Crippen molar-refractivity contribution in [2.75, 3.05) is 25.5 Å². The number of hydrogen-bond donors (Lipinski definition) is 1. The van der Waals surface area contributed by atoms with E-state index in [-0.39, 0.29) is 18.5 Å². The molecule has 2 aromatic rings. The fourth-order valence-electron chi connectivity index (χ4n) is 2.28. The molecule has 1 amide bonds. The van der Waals surface area contributed by atoms with Gasteiger partial charge in [-0.25, -0.2) is 4.79 Å². The fourth-order valence-corrected chi connectivity index (χ4v) is 3.13. The van der Waals surface area contributed by atoms with Crippen molar-refractivity contribution in [3.05, 3.63) is 52.2 Å². The SMILES string of the molecule is CCOC(=O)c1ccccc1NC(=O)CN(C)C(C)c1cccs1. The number of thiophene rings is 1. The molecule has 6 heteroatoms. The molecule has 1 aromatic carbocycles. The Bertz CT molecular complexity index is 685. The van der Waals surface area contributed by atoms with Gasteiger partial charge in [-0.2, -0.15) is 0 Å². The first-order valence-electron chi connectivity index (χ1n) is 7.82. The maximum absolute atomic E-state index is 12.3. The lowest BCUT2D eigenvalue weighted by atomic mass is 10.1. The maximum Gasteiger partial charge on any atom is 0.340 e. The highest BCUT2D eigenvalue weighted by molar-refractivity contribution is 7.10. The molecule has 0 aliphatic carbocycles. The summed E-state index contributed by atoms with van der Waals surface area (Å²) in [5.74, 6) is -0.605. The molecule has 1 unspecified atom stereocenters. The molecule has 0 aliphatic heterocycles. The second-order valence-corrected chi connectivity index (χ2v) is 6.40. The molecular weight excluding hydrogens is 324 g/mol. The Labute approximate surface area is 146 Å². The predicted molar refractivity (Wildman–Crippen MR) is 96.4 cm³/mol. The first-order valence-corrected chi connectivity index (χ1v) is 8.70. The van der Waals surface area contributed by atoms with Crippen LogP contribution in [0.4, 0.5) is 5.69 Å². The minimum Gasteiger partial charge on any atom is -0.462 e. The molecule has 0 fully saturated rings. The Hall–Kier alpha value is -2.18. The molecule has 128 valence electrons. The van der Waals surface area contributed by atoms with Gasteiger partial charge in [0.05, 0.1) is 24.4 Å². The number of benzene rings is 1. The van der Waals surface area contributed by atoms with Crippen LogP contribution >= 0.6 is 11.3 Å². The van der Waals surface area contributed by atoms with Gasteiger partial charge in [0.25, 0.3) is 0 Å². The number of carbonyl (C=O) groups is 2. The summed E-state index contributed by atoms with van der Waals surface area (Å²) in [6.07, 6.45) is 0. The normalized spacial score (nSPS) is 12.0. The Morgan fingerprint density at radius 3 is 2.67 bits per heavy atom. The van der Waals surface area contributed by atoms with Gasteiger partial charge >= 0.3 is 5.97 Å². The molecule has 0 spiro atoms. The molecular formula is C18H22N2O3S. The Morgan fingerprint density at radius 2 is 2.00 bits per heavy atom. The van der Waals surface area contributed by atoms with Crippen LogP contribution in [0.1, 0.15) is 35.1 Å². The number of hydrogen-bond acceptors (Lipinski definition) is 5. The molecule has 0 saturated carbocycles. The number of ether oxygens (including phenoxy) is 1. The summed E-state index contributed by atoms with van der Waals surface area (Å²) < 4.78 is 5.02. The number of para-hydroxylation sites is 1. The van der Waals surface area contributed by atoms with E-state index in [9.17, 15) is 9.59 Å². The molecule has 0 radical (unpaired) electrons. The highest BCUT2D eigenvalue weighted by Gasteiger charge is 2.18. The van der Waals surface area contributed by atoms with Gasteiger partial charge in [-0.3, -0.25) is 9.69 Å². The molecule has 0 aliphatic rings. The standard InChI is InChI=1S/C18H22N2O3S/c1-4-23-18(22)14-8-5-6-9-15(14)19-17(21)12-20(3)13(2)16-10-7-11-24-16/h5-11,13H,4,12H2,1-3H3,(H,19,21). The van der Waals surface area contributed by atoms with Crippen LogP contribution in [0, 0.1) is 0 Å². The van der Waals surface area contributed by atoms with E-state index in [2.05, 4.69) is 18.3 Å². The van der Waals surface area contributed by atoms with Gasteiger partial charge in [-0.1, -0.05) is 18.2 Å².